The number of nitrogens with zero attached hydrogens (tertiary/aromatic N) is 1. The van der Waals surface area contributed by atoms with E-state index in [-0.39, 0.29) is 11.3 Å². The van der Waals surface area contributed by atoms with E-state index in [0.717, 1.165) is 12.0 Å². The third-order valence-electron chi connectivity index (χ3n) is 5.88. The lowest BCUT2D eigenvalue weighted by atomic mass is 9.94. The highest BCUT2D eigenvalue weighted by molar-refractivity contribution is 6.51. The average Bonchev–Trinajstić information content (AvgIpc) is 3.14. The fourth-order valence-electron chi connectivity index (χ4n) is 4.04. The molecule has 1 amide bonds. The lowest BCUT2D eigenvalue weighted by Gasteiger charge is -2.26. The van der Waals surface area contributed by atoms with Crippen LogP contribution in [0.15, 0.2) is 72.3 Å². The number of carbonyl (C=O) groups is 2. The number of methoxy groups -OCH3 is 2. The zero-order valence-corrected chi connectivity index (χ0v) is 19.8. The number of aliphatic hydroxyl groups is 1. The molecule has 1 fully saturated rings. The molecule has 0 aromatic heterocycles. The van der Waals surface area contributed by atoms with Gasteiger partial charge in [0.05, 0.1) is 31.5 Å². The van der Waals surface area contributed by atoms with E-state index in [1.807, 2.05) is 31.2 Å². The highest BCUT2D eigenvalue weighted by Crippen LogP contribution is 2.44. The number of halogens is 1. The first-order valence-electron chi connectivity index (χ1n) is 10.8. The average molecular weight is 478 g/mol. The molecule has 0 spiro atoms. The molecule has 0 saturated carbocycles. The van der Waals surface area contributed by atoms with Crippen molar-refractivity contribution in [2.75, 3.05) is 19.1 Å². The fraction of sp³-hybridized carbons (Fsp3) is 0.185. The zero-order chi connectivity index (χ0) is 24.4. The monoisotopic (exact) mass is 477 g/mol. The number of carbonyl (C=O) groups excluding carboxylic acids is 2. The van der Waals surface area contributed by atoms with Crippen LogP contribution in [0.4, 0.5) is 5.69 Å². The molecule has 1 aliphatic heterocycles. The van der Waals surface area contributed by atoms with E-state index in [0.29, 0.717) is 33.3 Å². The van der Waals surface area contributed by atoms with E-state index in [2.05, 4.69) is 0 Å². The van der Waals surface area contributed by atoms with Crippen LogP contribution in [-0.4, -0.2) is 31.0 Å². The summed E-state index contributed by atoms with van der Waals surface area (Å²) in [4.78, 5) is 28.0. The van der Waals surface area contributed by atoms with E-state index < -0.39 is 17.7 Å². The Kier molecular flexibility index (Phi) is 6.61. The quantitative estimate of drug-likeness (QED) is 0.286. The number of amides is 1. The second-order valence-electron chi connectivity index (χ2n) is 7.84. The lowest BCUT2D eigenvalue weighted by molar-refractivity contribution is -0.132. The van der Waals surface area contributed by atoms with Crippen molar-refractivity contribution >= 4 is 34.7 Å². The van der Waals surface area contributed by atoms with Crippen molar-refractivity contribution in [1.29, 1.82) is 0 Å². The molecule has 1 unspecified atom stereocenters. The number of anilines is 1. The number of aryl methyl sites for hydroxylation is 1. The minimum absolute atomic E-state index is 0.00152. The molecule has 3 aromatic rings. The molecule has 7 heteroatoms. The van der Waals surface area contributed by atoms with Gasteiger partial charge in [0, 0.05) is 28.8 Å². The summed E-state index contributed by atoms with van der Waals surface area (Å²) < 4.78 is 10.7. The van der Waals surface area contributed by atoms with Gasteiger partial charge in [0.15, 0.2) is 0 Å². The highest BCUT2D eigenvalue weighted by Gasteiger charge is 2.47. The van der Waals surface area contributed by atoms with Crippen molar-refractivity contribution in [2.45, 2.75) is 19.4 Å². The number of benzene rings is 3. The Morgan fingerprint density at radius 2 is 1.53 bits per heavy atom. The van der Waals surface area contributed by atoms with Crippen LogP contribution in [0.3, 0.4) is 0 Å². The van der Waals surface area contributed by atoms with Gasteiger partial charge < -0.3 is 14.6 Å². The van der Waals surface area contributed by atoms with Crippen LogP contribution in [0.5, 0.6) is 11.5 Å². The zero-order valence-electron chi connectivity index (χ0n) is 19.0. The summed E-state index contributed by atoms with van der Waals surface area (Å²) in [5.74, 6) is -0.866. The maximum absolute atomic E-state index is 13.3. The molecule has 3 aromatic carbocycles. The summed E-state index contributed by atoms with van der Waals surface area (Å²) in [6.45, 7) is 2.05. The number of Topliss-reactive ketones (excluding diaryl/α,β-unsaturated/α-hetero) is 1. The Morgan fingerprint density at radius 3 is 2.06 bits per heavy atom. The SMILES string of the molecule is CCc1ccc(C2/C(=C(\O)c3ccc(Cl)cc3)C(=O)C(=O)N2c2cc(OC)cc(OC)c2)cc1. The predicted molar refractivity (Wildman–Crippen MR) is 132 cm³/mol. The molecule has 1 atom stereocenters. The van der Waals surface area contributed by atoms with Gasteiger partial charge in [-0.3, -0.25) is 14.5 Å². The number of ether oxygens (including phenoxy) is 2. The summed E-state index contributed by atoms with van der Waals surface area (Å²) in [6.07, 6.45) is 0.846. The third-order valence-corrected chi connectivity index (χ3v) is 6.13. The van der Waals surface area contributed by atoms with Gasteiger partial charge in [-0.15, -0.1) is 0 Å². The summed E-state index contributed by atoms with van der Waals surface area (Å²) in [6, 6.07) is 18.2. The van der Waals surface area contributed by atoms with Crippen molar-refractivity contribution in [2.24, 2.45) is 0 Å². The lowest BCUT2D eigenvalue weighted by Crippen LogP contribution is -2.29. The molecule has 4 rings (SSSR count). The molecule has 0 bridgehead atoms. The fourth-order valence-corrected chi connectivity index (χ4v) is 4.17. The van der Waals surface area contributed by atoms with Gasteiger partial charge >= 0.3 is 0 Å². The number of rotatable bonds is 6. The molecule has 34 heavy (non-hydrogen) atoms. The topological polar surface area (TPSA) is 76.1 Å². The molecular weight excluding hydrogens is 454 g/mol. The van der Waals surface area contributed by atoms with Crippen molar-refractivity contribution in [1.82, 2.24) is 0 Å². The third kappa shape index (κ3) is 4.24. The van der Waals surface area contributed by atoms with Crippen molar-refractivity contribution < 1.29 is 24.2 Å². The Balaban J connectivity index is 1.95. The molecule has 1 saturated heterocycles. The van der Waals surface area contributed by atoms with E-state index in [4.69, 9.17) is 21.1 Å². The van der Waals surface area contributed by atoms with Gasteiger partial charge in [-0.1, -0.05) is 42.8 Å². The van der Waals surface area contributed by atoms with E-state index in [1.54, 1.807) is 42.5 Å². The molecule has 0 radical (unpaired) electrons. The van der Waals surface area contributed by atoms with E-state index in [1.165, 1.54) is 19.1 Å². The van der Waals surface area contributed by atoms with Gasteiger partial charge in [-0.05, 0) is 41.8 Å². The number of aliphatic hydroxyl groups excluding tert-OH is 1. The molecule has 0 aliphatic carbocycles. The second-order valence-corrected chi connectivity index (χ2v) is 8.28. The van der Waals surface area contributed by atoms with Gasteiger partial charge in [-0.2, -0.15) is 0 Å². The van der Waals surface area contributed by atoms with Crippen molar-refractivity contribution in [3.05, 3.63) is 94.0 Å². The molecule has 1 heterocycles. The summed E-state index contributed by atoms with van der Waals surface area (Å²) >= 11 is 5.99. The smallest absolute Gasteiger partial charge is 0.300 e. The van der Waals surface area contributed by atoms with Crippen molar-refractivity contribution in [3.8, 4) is 11.5 Å². The predicted octanol–water partition coefficient (Wildman–Crippen LogP) is 5.55. The number of hydrogen-bond acceptors (Lipinski definition) is 5. The minimum Gasteiger partial charge on any atom is -0.507 e. The standard InChI is InChI=1S/C27H24ClNO5/c1-4-16-5-7-17(8-6-16)24-23(25(30)18-9-11-19(28)12-10-18)26(31)27(32)29(24)20-13-21(33-2)15-22(14-20)34-3/h5-15,24,30H,4H2,1-3H3/b25-23+. The molecule has 1 N–H and O–H groups in total. The first kappa shape index (κ1) is 23.4. The maximum Gasteiger partial charge on any atom is 0.300 e. The van der Waals surface area contributed by atoms with Crippen LogP contribution >= 0.6 is 11.6 Å². The first-order chi connectivity index (χ1) is 16.4. The van der Waals surface area contributed by atoms with Crippen LogP contribution < -0.4 is 14.4 Å². The van der Waals surface area contributed by atoms with Crippen LogP contribution in [0.25, 0.3) is 5.76 Å². The number of ketones is 1. The molecule has 1 aliphatic rings. The maximum atomic E-state index is 13.3. The second kappa shape index (κ2) is 9.61. The van der Waals surface area contributed by atoms with E-state index >= 15 is 0 Å². The minimum atomic E-state index is -0.849. The molecule has 6 nitrogen and oxygen atoms in total. The molecule has 174 valence electrons. The first-order valence-corrected chi connectivity index (χ1v) is 11.1. The van der Waals surface area contributed by atoms with Gasteiger partial charge in [0.25, 0.3) is 11.7 Å². The van der Waals surface area contributed by atoms with Crippen LogP contribution in [0, 0.1) is 0 Å². The van der Waals surface area contributed by atoms with Gasteiger partial charge in [-0.25, -0.2) is 0 Å². The summed E-state index contributed by atoms with van der Waals surface area (Å²) in [5.41, 5.74) is 2.60. The summed E-state index contributed by atoms with van der Waals surface area (Å²) in [7, 11) is 3.02. The Bertz CT molecular complexity index is 1240. The summed E-state index contributed by atoms with van der Waals surface area (Å²) in [5, 5.41) is 11.7. The van der Waals surface area contributed by atoms with Crippen molar-refractivity contribution in [3.63, 3.8) is 0 Å². The number of hydrogen-bond donors (Lipinski definition) is 1. The van der Waals surface area contributed by atoms with Crippen LogP contribution in [0.2, 0.25) is 5.02 Å². The normalized spacial score (nSPS) is 17.2. The van der Waals surface area contributed by atoms with Crippen LogP contribution in [-0.2, 0) is 16.0 Å². The van der Waals surface area contributed by atoms with E-state index in [9.17, 15) is 14.7 Å². The van der Waals surface area contributed by atoms with Gasteiger partial charge in [0.2, 0.25) is 0 Å². The highest BCUT2D eigenvalue weighted by atomic mass is 35.5. The van der Waals surface area contributed by atoms with Crippen LogP contribution in [0.1, 0.15) is 29.7 Å². The molecular formula is C27H24ClNO5. The Morgan fingerprint density at radius 1 is 0.941 bits per heavy atom. The Labute approximate surface area is 203 Å². The largest absolute Gasteiger partial charge is 0.507 e. The Hall–Kier alpha value is -3.77. The van der Waals surface area contributed by atoms with Gasteiger partial charge in [0.1, 0.15) is 17.3 Å².